The van der Waals surface area contributed by atoms with Crippen LogP contribution in [0.4, 0.5) is 11.4 Å². The molecule has 3 N–H and O–H groups in total. The number of halogens is 1. The summed E-state index contributed by atoms with van der Waals surface area (Å²) in [5.41, 5.74) is 6.96. The predicted molar refractivity (Wildman–Crippen MR) is 88.6 cm³/mol. The number of amides is 1. The minimum atomic E-state index is 0.00152. The molecule has 1 aromatic rings. The van der Waals surface area contributed by atoms with Crippen LogP contribution in [0, 0.1) is 5.92 Å². The van der Waals surface area contributed by atoms with E-state index in [-0.39, 0.29) is 5.91 Å². The number of rotatable bonds is 5. The van der Waals surface area contributed by atoms with Crippen LogP contribution in [0.25, 0.3) is 0 Å². The van der Waals surface area contributed by atoms with Crippen molar-refractivity contribution < 1.29 is 4.79 Å². The Balaban J connectivity index is 1.75. The number of hydrogen-bond acceptors (Lipinski definition) is 3. The van der Waals surface area contributed by atoms with Crippen molar-refractivity contribution in [1.82, 2.24) is 4.90 Å². The monoisotopic (exact) mass is 309 g/mol. The van der Waals surface area contributed by atoms with Gasteiger partial charge in [0.1, 0.15) is 0 Å². The van der Waals surface area contributed by atoms with Gasteiger partial charge in [-0.3, -0.25) is 4.79 Å². The van der Waals surface area contributed by atoms with E-state index in [1.807, 2.05) is 0 Å². The lowest BCUT2D eigenvalue weighted by Crippen LogP contribution is -2.35. The maximum atomic E-state index is 12.0. The fourth-order valence-corrected chi connectivity index (χ4v) is 2.92. The third-order valence-electron chi connectivity index (χ3n) is 4.23. The summed E-state index contributed by atoms with van der Waals surface area (Å²) in [5.74, 6) is 0.866. The Kier molecular flexibility index (Phi) is 5.88. The van der Waals surface area contributed by atoms with Gasteiger partial charge in [0.25, 0.3) is 0 Å². The summed E-state index contributed by atoms with van der Waals surface area (Å²) in [5, 5.41) is 3.42. The maximum absolute atomic E-state index is 12.0. The minimum absolute atomic E-state index is 0.00152. The number of carbonyl (C=O) groups is 1. The van der Waals surface area contributed by atoms with Crippen LogP contribution in [0.1, 0.15) is 32.6 Å². The molecule has 1 amide bonds. The Hall–Kier alpha value is -1.26. The van der Waals surface area contributed by atoms with Crippen molar-refractivity contribution in [2.45, 2.75) is 32.6 Å². The van der Waals surface area contributed by atoms with Gasteiger partial charge in [0.2, 0.25) is 5.91 Å². The number of piperidine rings is 1. The van der Waals surface area contributed by atoms with Gasteiger partial charge in [0.05, 0.1) is 11.4 Å². The molecule has 0 radical (unpaired) electrons. The van der Waals surface area contributed by atoms with Crippen LogP contribution in [0.2, 0.25) is 5.02 Å². The second kappa shape index (κ2) is 7.66. The van der Waals surface area contributed by atoms with Gasteiger partial charge in [0.15, 0.2) is 0 Å². The summed E-state index contributed by atoms with van der Waals surface area (Å²) in [6.07, 6.45) is 4.27. The normalized spacial score (nSPS) is 16.9. The molecule has 0 atom stereocenters. The van der Waals surface area contributed by atoms with Gasteiger partial charge in [-0.25, -0.2) is 0 Å². The number of nitrogen functional groups attached to an aromatic ring is 1. The number of carbonyl (C=O) groups excluding carboxylic acids is 1. The molecule has 1 aliphatic rings. The van der Waals surface area contributed by atoms with Gasteiger partial charge < -0.3 is 16.0 Å². The van der Waals surface area contributed by atoms with E-state index in [4.69, 9.17) is 17.3 Å². The van der Waals surface area contributed by atoms with E-state index >= 15 is 0 Å². The maximum Gasteiger partial charge on any atom is 0.225 e. The molecule has 1 aromatic carbocycles. The van der Waals surface area contributed by atoms with E-state index in [0.29, 0.717) is 22.8 Å². The molecule has 0 spiro atoms. The van der Waals surface area contributed by atoms with Crippen molar-refractivity contribution in [2.75, 3.05) is 30.7 Å². The van der Waals surface area contributed by atoms with Crippen LogP contribution in [-0.2, 0) is 4.79 Å². The van der Waals surface area contributed by atoms with Crippen LogP contribution < -0.4 is 11.1 Å². The molecule has 0 bridgehead atoms. The Bertz CT molecular complexity index is 484. The average Bonchev–Trinajstić information content (AvgIpc) is 2.48. The van der Waals surface area contributed by atoms with Crippen molar-refractivity contribution in [3.63, 3.8) is 0 Å². The molecule has 1 aliphatic heterocycles. The Morgan fingerprint density at radius 1 is 1.43 bits per heavy atom. The SMILES string of the molecule is CCC1CCN(CCC(=O)Nc2ccc(Cl)cc2N)CC1. The largest absolute Gasteiger partial charge is 0.397 e. The predicted octanol–water partition coefficient (Wildman–Crippen LogP) is 3.37. The summed E-state index contributed by atoms with van der Waals surface area (Å²) in [7, 11) is 0. The number of likely N-dealkylation sites (tertiary alicyclic amines) is 1. The van der Waals surface area contributed by atoms with Crippen LogP contribution in [-0.4, -0.2) is 30.4 Å². The van der Waals surface area contributed by atoms with E-state index in [1.165, 1.54) is 19.3 Å². The molecule has 0 aliphatic carbocycles. The van der Waals surface area contributed by atoms with E-state index in [0.717, 1.165) is 25.6 Å². The number of hydrogen-bond donors (Lipinski definition) is 2. The molecule has 0 saturated carbocycles. The summed E-state index contributed by atoms with van der Waals surface area (Å²) in [6, 6.07) is 5.11. The van der Waals surface area contributed by atoms with Crippen molar-refractivity contribution >= 4 is 28.9 Å². The third kappa shape index (κ3) is 4.90. The topological polar surface area (TPSA) is 58.4 Å². The van der Waals surface area contributed by atoms with Crippen molar-refractivity contribution in [2.24, 2.45) is 5.92 Å². The van der Waals surface area contributed by atoms with Gasteiger partial charge in [0, 0.05) is 18.0 Å². The van der Waals surface area contributed by atoms with E-state index in [2.05, 4.69) is 17.1 Å². The van der Waals surface area contributed by atoms with Crippen molar-refractivity contribution in [1.29, 1.82) is 0 Å². The Morgan fingerprint density at radius 2 is 2.14 bits per heavy atom. The summed E-state index contributed by atoms with van der Waals surface area (Å²) in [6.45, 7) is 5.28. The van der Waals surface area contributed by atoms with Gasteiger partial charge in [-0.15, -0.1) is 0 Å². The average molecular weight is 310 g/mol. The van der Waals surface area contributed by atoms with Gasteiger partial charge >= 0.3 is 0 Å². The number of nitrogens with two attached hydrogens (primary N) is 1. The zero-order chi connectivity index (χ0) is 15.2. The van der Waals surface area contributed by atoms with Gasteiger partial charge in [-0.05, 0) is 50.0 Å². The highest BCUT2D eigenvalue weighted by Gasteiger charge is 2.18. The molecular weight excluding hydrogens is 286 g/mol. The molecule has 5 heteroatoms. The number of nitrogens with zero attached hydrogens (tertiary/aromatic N) is 1. The van der Waals surface area contributed by atoms with Crippen LogP contribution in [0.15, 0.2) is 18.2 Å². The fraction of sp³-hybridized carbons (Fsp3) is 0.562. The first-order chi connectivity index (χ1) is 10.1. The highest BCUT2D eigenvalue weighted by Crippen LogP contribution is 2.23. The zero-order valence-corrected chi connectivity index (χ0v) is 13.3. The molecule has 116 valence electrons. The Morgan fingerprint density at radius 3 is 2.76 bits per heavy atom. The van der Waals surface area contributed by atoms with Crippen LogP contribution in [0.3, 0.4) is 0 Å². The fourth-order valence-electron chi connectivity index (χ4n) is 2.74. The summed E-state index contributed by atoms with van der Waals surface area (Å²) < 4.78 is 0. The molecule has 21 heavy (non-hydrogen) atoms. The third-order valence-corrected chi connectivity index (χ3v) is 4.46. The second-order valence-corrected chi connectivity index (χ2v) is 6.16. The quantitative estimate of drug-likeness (QED) is 0.820. The zero-order valence-electron chi connectivity index (χ0n) is 12.6. The molecule has 4 nitrogen and oxygen atoms in total. The first kappa shape index (κ1) is 16.1. The van der Waals surface area contributed by atoms with Crippen molar-refractivity contribution in [3.05, 3.63) is 23.2 Å². The van der Waals surface area contributed by atoms with Crippen LogP contribution in [0.5, 0.6) is 0 Å². The summed E-state index contributed by atoms with van der Waals surface area (Å²) in [4.78, 5) is 14.4. The van der Waals surface area contributed by atoms with Crippen LogP contribution >= 0.6 is 11.6 Å². The molecule has 1 saturated heterocycles. The highest BCUT2D eigenvalue weighted by atomic mass is 35.5. The smallest absolute Gasteiger partial charge is 0.225 e. The first-order valence-electron chi connectivity index (χ1n) is 7.65. The molecule has 0 aromatic heterocycles. The highest BCUT2D eigenvalue weighted by molar-refractivity contribution is 6.31. The lowest BCUT2D eigenvalue weighted by Gasteiger charge is -2.31. The lowest BCUT2D eigenvalue weighted by atomic mass is 9.94. The number of benzene rings is 1. The molecule has 1 fully saturated rings. The van der Waals surface area contributed by atoms with E-state index in [9.17, 15) is 4.79 Å². The van der Waals surface area contributed by atoms with Gasteiger partial charge in [-0.2, -0.15) is 0 Å². The standard InChI is InChI=1S/C16H24ClN3O/c1-2-12-5-8-20(9-6-12)10-7-16(21)19-15-4-3-13(17)11-14(15)18/h3-4,11-12H,2,5-10,18H2,1H3,(H,19,21). The van der Waals surface area contributed by atoms with Crippen molar-refractivity contribution in [3.8, 4) is 0 Å². The second-order valence-electron chi connectivity index (χ2n) is 5.72. The molecule has 2 rings (SSSR count). The van der Waals surface area contributed by atoms with Gasteiger partial charge in [-0.1, -0.05) is 24.9 Å². The van der Waals surface area contributed by atoms with E-state index < -0.39 is 0 Å². The Labute approximate surface area is 131 Å². The molecular formula is C16H24ClN3O. The molecule has 1 heterocycles. The van der Waals surface area contributed by atoms with E-state index in [1.54, 1.807) is 18.2 Å². The number of anilines is 2. The first-order valence-corrected chi connectivity index (χ1v) is 8.03. The number of nitrogens with one attached hydrogen (secondary N) is 1. The molecule has 0 unspecified atom stereocenters. The minimum Gasteiger partial charge on any atom is -0.397 e. The summed E-state index contributed by atoms with van der Waals surface area (Å²) >= 11 is 5.84. The lowest BCUT2D eigenvalue weighted by molar-refractivity contribution is -0.116.